The predicted molar refractivity (Wildman–Crippen MR) is 101 cm³/mol. The van der Waals surface area contributed by atoms with Gasteiger partial charge in [0.15, 0.2) is 0 Å². The summed E-state index contributed by atoms with van der Waals surface area (Å²) in [6, 6.07) is 7.26. The van der Waals surface area contributed by atoms with Crippen LogP contribution in [0.25, 0.3) is 11.4 Å². The first kappa shape index (κ1) is 18.5. The van der Waals surface area contributed by atoms with Crippen molar-refractivity contribution >= 4 is 12.0 Å². The Hall–Kier alpha value is -2.90. The lowest BCUT2D eigenvalue weighted by atomic mass is 9.95. The highest BCUT2D eigenvalue weighted by Crippen LogP contribution is 2.30. The molecule has 2 saturated heterocycles. The zero-order valence-corrected chi connectivity index (χ0v) is 16.1. The Morgan fingerprint density at radius 2 is 2.00 bits per heavy atom. The lowest BCUT2D eigenvalue weighted by Gasteiger charge is -2.25. The molecule has 1 atom stereocenters. The van der Waals surface area contributed by atoms with E-state index < -0.39 is 5.60 Å². The van der Waals surface area contributed by atoms with Crippen LogP contribution in [0.3, 0.4) is 0 Å². The maximum Gasteiger partial charge on any atom is 0.407 e. The number of carbonyl (C=O) groups is 2. The highest BCUT2D eigenvalue weighted by atomic mass is 16.6. The third-order valence-corrected chi connectivity index (χ3v) is 5.37. The summed E-state index contributed by atoms with van der Waals surface area (Å²) in [6.45, 7) is 5.73. The van der Waals surface area contributed by atoms with Gasteiger partial charge in [0.05, 0.1) is 6.54 Å². The standard InChI is InChI=1S/C20H24N4O4/c1-13(2)17-22-16(23-28-17)14-4-6-15(7-5-14)18(25)24-10-3-8-20(9-11-24)12-21-19(26)27-20/h4-7,13H,3,8-12H2,1-2H3,(H,21,26). The second-order valence-corrected chi connectivity index (χ2v) is 7.76. The van der Waals surface area contributed by atoms with Crippen LogP contribution in [-0.2, 0) is 4.74 Å². The number of hydrogen-bond donors (Lipinski definition) is 1. The normalized spacial score (nSPS) is 22.2. The molecule has 1 spiro atoms. The number of benzene rings is 1. The molecule has 2 aromatic rings. The summed E-state index contributed by atoms with van der Waals surface area (Å²) >= 11 is 0. The van der Waals surface area contributed by atoms with E-state index in [-0.39, 0.29) is 17.9 Å². The zero-order chi connectivity index (χ0) is 19.7. The first-order valence-electron chi connectivity index (χ1n) is 9.66. The van der Waals surface area contributed by atoms with Crippen molar-refractivity contribution in [2.75, 3.05) is 19.6 Å². The molecule has 3 heterocycles. The van der Waals surface area contributed by atoms with Crippen molar-refractivity contribution in [1.82, 2.24) is 20.4 Å². The van der Waals surface area contributed by atoms with Crippen molar-refractivity contribution in [3.8, 4) is 11.4 Å². The Kier molecular flexibility index (Phi) is 4.78. The van der Waals surface area contributed by atoms with E-state index in [0.29, 0.717) is 43.3 Å². The summed E-state index contributed by atoms with van der Waals surface area (Å²) in [5, 5.41) is 6.73. The Balaban J connectivity index is 1.44. The van der Waals surface area contributed by atoms with Crippen molar-refractivity contribution in [2.24, 2.45) is 0 Å². The van der Waals surface area contributed by atoms with E-state index in [0.717, 1.165) is 18.4 Å². The first-order chi connectivity index (χ1) is 13.5. The molecule has 4 rings (SSSR count). The number of rotatable bonds is 3. The minimum Gasteiger partial charge on any atom is -0.441 e. The number of nitrogens with one attached hydrogen (secondary N) is 1. The van der Waals surface area contributed by atoms with E-state index in [1.54, 1.807) is 12.1 Å². The molecule has 2 aliphatic rings. The fourth-order valence-electron chi connectivity index (χ4n) is 3.68. The molecule has 8 nitrogen and oxygen atoms in total. The van der Waals surface area contributed by atoms with Gasteiger partial charge in [-0.1, -0.05) is 31.1 Å². The molecule has 148 valence electrons. The maximum atomic E-state index is 12.9. The monoisotopic (exact) mass is 384 g/mol. The van der Waals surface area contributed by atoms with Gasteiger partial charge in [-0.15, -0.1) is 0 Å². The van der Waals surface area contributed by atoms with E-state index in [2.05, 4.69) is 15.5 Å². The van der Waals surface area contributed by atoms with E-state index >= 15 is 0 Å². The Bertz CT molecular complexity index is 877. The molecule has 0 aliphatic carbocycles. The van der Waals surface area contributed by atoms with Crippen molar-refractivity contribution in [3.05, 3.63) is 35.7 Å². The van der Waals surface area contributed by atoms with Crippen molar-refractivity contribution in [3.63, 3.8) is 0 Å². The van der Waals surface area contributed by atoms with Gasteiger partial charge < -0.3 is 19.5 Å². The SMILES string of the molecule is CC(C)c1nc(-c2ccc(C(=O)N3CCCC4(CC3)CNC(=O)O4)cc2)no1. The quantitative estimate of drug-likeness (QED) is 0.874. The van der Waals surface area contributed by atoms with Crippen LogP contribution in [0.1, 0.15) is 55.3 Å². The van der Waals surface area contributed by atoms with Crippen LogP contribution in [0.5, 0.6) is 0 Å². The summed E-state index contributed by atoms with van der Waals surface area (Å²) < 4.78 is 10.7. The smallest absolute Gasteiger partial charge is 0.407 e. The zero-order valence-electron chi connectivity index (χ0n) is 16.1. The van der Waals surface area contributed by atoms with Crippen molar-refractivity contribution < 1.29 is 18.8 Å². The molecule has 8 heteroatoms. The average molecular weight is 384 g/mol. The van der Waals surface area contributed by atoms with Crippen LogP contribution in [0.15, 0.2) is 28.8 Å². The van der Waals surface area contributed by atoms with Gasteiger partial charge in [0.25, 0.3) is 5.91 Å². The van der Waals surface area contributed by atoms with E-state index in [1.807, 2.05) is 30.9 Å². The van der Waals surface area contributed by atoms with Gasteiger partial charge in [0.1, 0.15) is 5.60 Å². The molecule has 28 heavy (non-hydrogen) atoms. The van der Waals surface area contributed by atoms with Crippen LogP contribution >= 0.6 is 0 Å². The van der Waals surface area contributed by atoms with E-state index in [1.165, 1.54) is 0 Å². The number of carbonyl (C=O) groups excluding carboxylic acids is 2. The third-order valence-electron chi connectivity index (χ3n) is 5.37. The molecule has 0 bridgehead atoms. The number of likely N-dealkylation sites (tertiary alicyclic amines) is 1. The maximum absolute atomic E-state index is 12.9. The number of ether oxygens (including phenoxy) is 1. The Labute approximate surface area is 163 Å². The second kappa shape index (κ2) is 7.26. The van der Waals surface area contributed by atoms with Gasteiger partial charge in [-0.25, -0.2) is 4.79 Å². The highest BCUT2D eigenvalue weighted by Gasteiger charge is 2.41. The third kappa shape index (κ3) is 3.58. The molecule has 1 aromatic carbocycles. The Morgan fingerprint density at radius 3 is 2.64 bits per heavy atom. The number of hydrogen-bond acceptors (Lipinski definition) is 6. The summed E-state index contributed by atoms with van der Waals surface area (Å²) in [4.78, 5) is 30.6. The number of nitrogens with zero attached hydrogens (tertiary/aromatic N) is 3. The van der Waals surface area contributed by atoms with Crippen LogP contribution in [0, 0.1) is 0 Å². The minimum atomic E-state index is -0.470. The predicted octanol–water partition coefficient (Wildman–Crippen LogP) is 2.96. The summed E-state index contributed by atoms with van der Waals surface area (Å²) in [6.07, 6.45) is 1.86. The fourth-order valence-corrected chi connectivity index (χ4v) is 3.68. The minimum absolute atomic E-state index is 0.0168. The molecule has 1 aromatic heterocycles. The summed E-state index contributed by atoms with van der Waals surface area (Å²) in [5.74, 6) is 1.27. The van der Waals surface area contributed by atoms with Crippen LogP contribution in [0.4, 0.5) is 4.79 Å². The molecule has 0 radical (unpaired) electrons. The molecule has 1 N–H and O–H groups in total. The van der Waals surface area contributed by atoms with Gasteiger partial charge >= 0.3 is 6.09 Å². The molecular weight excluding hydrogens is 360 g/mol. The highest BCUT2D eigenvalue weighted by molar-refractivity contribution is 5.94. The molecule has 1 unspecified atom stereocenters. The van der Waals surface area contributed by atoms with Crippen LogP contribution in [0.2, 0.25) is 0 Å². The first-order valence-corrected chi connectivity index (χ1v) is 9.66. The topological polar surface area (TPSA) is 97.6 Å². The summed E-state index contributed by atoms with van der Waals surface area (Å²) in [7, 11) is 0. The van der Waals surface area contributed by atoms with E-state index in [9.17, 15) is 9.59 Å². The molecule has 2 fully saturated rings. The fraction of sp³-hybridized carbons (Fsp3) is 0.500. The largest absolute Gasteiger partial charge is 0.441 e. The molecule has 2 amide bonds. The van der Waals surface area contributed by atoms with Crippen molar-refractivity contribution in [1.29, 1.82) is 0 Å². The van der Waals surface area contributed by atoms with Gasteiger partial charge in [-0.2, -0.15) is 4.98 Å². The van der Waals surface area contributed by atoms with Crippen LogP contribution in [-0.4, -0.2) is 52.3 Å². The van der Waals surface area contributed by atoms with Gasteiger partial charge in [-0.05, 0) is 25.0 Å². The second-order valence-electron chi connectivity index (χ2n) is 7.76. The Morgan fingerprint density at radius 1 is 1.21 bits per heavy atom. The lowest BCUT2D eigenvalue weighted by Crippen LogP contribution is -2.36. The van der Waals surface area contributed by atoms with Gasteiger partial charge in [-0.3, -0.25) is 4.79 Å². The molecule has 0 saturated carbocycles. The molecule has 2 aliphatic heterocycles. The lowest BCUT2D eigenvalue weighted by molar-refractivity contribution is 0.0438. The van der Waals surface area contributed by atoms with E-state index in [4.69, 9.17) is 9.26 Å². The summed E-state index contributed by atoms with van der Waals surface area (Å²) in [5.41, 5.74) is 0.961. The average Bonchev–Trinajstić information content (AvgIpc) is 3.26. The molecular formula is C20H24N4O4. The van der Waals surface area contributed by atoms with Crippen molar-refractivity contribution in [2.45, 2.75) is 44.6 Å². The van der Waals surface area contributed by atoms with Gasteiger partial charge in [0, 0.05) is 36.6 Å². The van der Waals surface area contributed by atoms with Gasteiger partial charge in [0.2, 0.25) is 11.7 Å². The number of amides is 2. The number of aromatic nitrogens is 2. The van der Waals surface area contributed by atoms with Crippen LogP contribution < -0.4 is 5.32 Å². The number of alkyl carbamates (subject to hydrolysis) is 1.